The molecular weight excluding hydrogens is 592 g/mol. The molecule has 0 spiro atoms. The van der Waals surface area contributed by atoms with E-state index in [1.165, 1.54) is 18.4 Å². The van der Waals surface area contributed by atoms with Crippen LogP contribution in [0.25, 0.3) is 21.5 Å². The monoisotopic (exact) mass is 617 g/mol. The first-order valence-corrected chi connectivity index (χ1v) is 15.0. The number of hydrogen-bond acceptors (Lipinski definition) is 9. The fourth-order valence-corrected chi connectivity index (χ4v) is 7.02. The molecule has 0 unspecified atom stereocenters. The molecule has 1 aliphatic heterocycles. The highest BCUT2D eigenvalue weighted by atomic mass is 35.5. The lowest BCUT2D eigenvalue weighted by Crippen LogP contribution is -2.45. The van der Waals surface area contributed by atoms with Crippen molar-refractivity contribution in [3.63, 3.8) is 0 Å². The number of hydrogen-bond donors (Lipinski definition) is 0. The van der Waals surface area contributed by atoms with E-state index >= 15 is 0 Å². The van der Waals surface area contributed by atoms with Crippen LogP contribution in [-0.2, 0) is 9.47 Å². The van der Waals surface area contributed by atoms with Crippen molar-refractivity contribution in [2.75, 3.05) is 18.6 Å². The Morgan fingerprint density at radius 3 is 2.61 bits per heavy atom. The van der Waals surface area contributed by atoms with Crippen molar-refractivity contribution < 1.29 is 28.0 Å². The van der Waals surface area contributed by atoms with E-state index in [-0.39, 0.29) is 34.7 Å². The molecule has 1 aliphatic carbocycles. The first-order valence-electron chi connectivity index (χ1n) is 13.4. The Balaban J connectivity index is 1.23. The lowest BCUT2D eigenvalue weighted by Gasteiger charge is -2.38. The third-order valence-electron chi connectivity index (χ3n) is 7.59. The van der Waals surface area contributed by atoms with Gasteiger partial charge in [-0.3, -0.25) is 0 Å². The summed E-state index contributed by atoms with van der Waals surface area (Å²) in [6.45, 7) is 2.61. The summed E-state index contributed by atoms with van der Waals surface area (Å²) in [5, 5.41) is 5.59. The van der Waals surface area contributed by atoms with Crippen molar-refractivity contribution in [3.05, 3.63) is 63.1 Å². The molecule has 12 heteroatoms. The number of esters is 2. The maximum atomic E-state index is 14.8. The molecule has 2 aromatic carbocycles. The van der Waals surface area contributed by atoms with E-state index in [9.17, 15) is 14.0 Å². The fraction of sp³-hybridized carbons (Fsp3) is 0.379. The summed E-state index contributed by atoms with van der Waals surface area (Å²) in [6.07, 6.45) is 3.36. The maximum absolute atomic E-state index is 14.8. The van der Waals surface area contributed by atoms with Gasteiger partial charge in [0.2, 0.25) is 0 Å². The van der Waals surface area contributed by atoms with Crippen LogP contribution in [0.15, 0.2) is 34.9 Å². The molecule has 1 saturated carbocycles. The molecule has 3 heterocycles. The zero-order valence-electron chi connectivity index (χ0n) is 22.3. The van der Waals surface area contributed by atoms with E-state index in [2.05, 4.69) is 15.0 Å². The summed E-state index contributed by atoms with van der Waals surface area (Å²) in [6, 6.07) is 7.85. The van der Waals surface area contributed by atoms with Gasteiger partial charge in [0.05, 0.1) is 27.4 Å². The van der Waals surface area contributed by atoms with Crippen LogP contribution in [0, 0.1) is 5.82 Å². The number of ether oxygens (including phenoxy) is 2. The smallest absolute Gasteiger partial charge is 0.344 e. The lowest BCUT2D eigenvalue weighted by molar-refractivity contribution is 0.0206. The van der Waals surface area contributed by atoms with E-state index in [0.717, 1.165) is 25.3 Å². The molecule has 2 aliphatic rings. The number of thiazole rings is 1. The minimum Gasteiger partial charge on any atom is -0.465 e. The van der Waals surface area contributed by atoms with E-state index in [1.807, 2.05) is 6.92 Å². The van der Waals surface area contributed by atoms with Gasteiger partial charge in [0.25, 0.3) is 0 Å². The molecule has 214 valence electrons. The zero-order valence-corrected chi connectivity index (χ0v) is 24.6. The van der Waals surface area contributed by atoms with E-state index in [0.29, 0.717) is 56.3 Å². The molecule has 8 nitrogen and oxygen atoms in total. The van der Waals surface area contributed by atoms with Gasteiger partial charge < -0.3 is 18.9 Å². The number of halogens is 3. The Bertz CT molecular complexity index is 1630. The van der Waals surface area contributed by atoms with Gasteiger partial charge in [0, 0.05) is 36.9 Å². The summed E-state index contributed by atoms with van der Waals surface area (Å²) < 4.78 is 31.8. The highest BCUT2D eigenvalue weighted by Gasteiger charge is 2.39. The Morgan fingerprint density at radius 2 is 1.93 bits per heavy atom. The molecule has 1 saturated heterocycles. The van der Waals surface area contributed by atoms with Crippen molar-refractivity contribution in [3.8, 4) is 11.3 Å². The Hall–Kier alpha value is -3.21. The quantitative estimate of drug-likeness (QED) is 0.195. The number of methoxy groups -OCH3 is 1. The number of nitrogens with zero attached hydrogens (tertiary/aromatic N) is 3. The van der Waals surface area contributed by atoms with E-state index in [4.69, 9.17) is 37.2 Å². The molecule has 41 heavy (non-hydrogen) atoms. The van der Waals surface area contributed by atoms with Crippen LogP contribution in [0.4, 0.5) is 9.52 Å². The summed E-state index contributed by atoms with van der Waals surface area (Å²) in [5.74, 6) is -1.06. The number of benzene rings is 2. The van der Waals surface area contributed by atoms with Crippen LogP contribution in [-0.4, -0.2) is 47.9 Å². The molecule has 4 aromatic rings. The van der Waals surface area contributed by atoms with Gasteiger partial charge in [-0.05, 0) is 43.5 Å². The number of carbonyl (C=O) groups is 2. The number of piperidine rings is 1. The summed E-state index contributed by atoms with van der Waals surface area (Å²) in [7, 11) is 1.26. The van der Waals surface area contributed by atoms with Crippen LogP contribution >= 0.6 is 34.5 Å². The third kappa shape index (κ3) is 5.29. The highest BCUT2D eigenvalue weighted by molar-refractivity contribution is 7.22. The second-order valence-electron chi connectivity index (χ2n) is 10.2. The molecular formula is C29H26Cl2FN3O5S. The van der Waals surface area contributed by atoms with Crippen LogP contribution in [0.5, 0.6) is 0 Å². The molecule has 2 fully saturated rings. The van der Waals surface area contributed by atoms with Gasteiger partial charge in [0.1, 0.15) is 22.9 Å². The molecule has 6 rings (SSSR count). The van der Waals surface area contributed by atoms with E-state index < -0.39 is 17.8 Å². The van der Waals surface area contributed by atoms with Gasteiger partial charge in [0.15, 0.2) is 16.7 Å². The average molecular weight is 619 g/mol. The Morgan fingerprint density at radius 1 is 1.17 bits per heavy atom. The number of anilines is 1. The predicted molar refractivity (Wildman–Crippen MR) is 155 cm³/mol. The van der Waals surface area contributed by atoms with Gasteiger partial charge in [-0.25, -0.2) is 19.0 Å². The first-order chi connectivity index (χ1) is 19.8. The second kappa shape index (κ2) is 11.2. The van der Waals surface area contributed by atoms with Crippen molar-refractivity contribution >= 4 is 61.8 Å². The molecule has 0 radical (unpaired) electrons. The molecule has 0 amide bonds. The average Bonchev–Trinajstić information content (AvgIpc) is 3.56. The topological polar surface area (TPSA) is 94.8 Å². The number of aromatic nitrogens is 2. The third-order valence-corrected chi connectivity index (χ3v) is 9.26. The second-order valence-corrected chi connectivity index (χ2v) is 12.1. The highest BCUT2D eigenvalue weighted by Crippen LogP contribution is 2.46. The summed E-state index contributed by atoms with van der Waals surface area (Å²) in [5.41, 5.74) is 1.37. The SMILES string of the molecule is CC[C@@H]1C[C@H](OC(=O)c2c(-c3c(Cl)cccc3Cl)noc2C2CC2)CCN1c1nc2c(F)cc(C(=O)OC)cc2s1. The summed E-state index contributed by atoms with van der Waals surface area (Å²) in [4.78, 5) is 32.3. The summed E-state index contributed by atoms with van der Waals surface area (Å²) >= 11 is 14.2. The number of rotatable bonds is 7. The zero-order chi connectivity index (χ0) is 28.8. The number of carbonyl (C=O) groups excluding carboxylic acids is 2. The largest absolute Gasteiger partial charge is 0.465 e. The van der Waals surface area contributed by atoms with Crippen LogP contribution < -0.4 is 4.90 Å². The molecule has 0 bridgehead atoms. The van der Waals surface area contributed by atoms with Gasteiger partial charge >= 0.3 is 11.9 Å². The molecule has 2 atom stereocenters. The normalized spacial score (nSPS) is 19.0. The van der Waals surface area contributed by atoms with Crippen LogP contribution in [0.3, 0.4) is 0 Å². The van der Waals surface area contributed by atoms with Gasteiger partial charge in [-0.15, -0.1) is 0 Å². The van der Waals surface area contributed by atoms with Crippen molar-refractivity contribution in [1.82, 2.24) is 10.1 Å². The predicted octanol–water partition coefficient (Wildman–Crippen LogP) is 7.67. The van der Waals surface area contributed by atoms with Crippen molar-refractivity contribution in [1.29, 1.82) is 0 Å². The molecule has 2 aromatic heterocycles. The van der Waals surface area contributed by atoms with Crippen molar-refractivity contribution in [2.45, 2.75) is 57.1 Å². The Kier molecular flexibility index (Phi) is 7.65. The maximum Gasteiger partial charge on any atom is 0.344 e. The standard InChI is InChI=1S/C29H26Cl2FN3O5S/c1-3-16-13-17(9-10-35(16)29-33-24-20(32)11-15(27(36)38-2)12-21(24)41-29)39-28(37)23-25(34-40-26(23)14-7-8-14)22-18(30)5-4-6-19(22)31/h4-6,11-12,14,16-17H,3,7-10,13H2,1-2H3/t16-,17-/m1/s1. The molecule has 0 N–H and O–H groups in total. The first kappa shape index (κ1) is 27.9. The van der Waals surface area contributed by atoms with Crippen LogP contribution in [0.2, 0.25) is 10.0 Å². The minimum atomic E-state index is -0.604. The van der Waals surface area contributed by atoms with Gasteiger partial charge in [-0.2, -0.15) is 0 Å². The Labute approximate surface area is 249 Å². The minimum absolute atomic E-state index is 0.00751. The van der Waals surface area contributed by atoms with Crippen LogP contribution in [0.1, 0.15) is 71.4 Å². The lowest BCUT2D eigenvalue weighted by atomic mass is 9.97. The van der Waals surface area contributed by atoms with Gasteiger partial charge in [-0.1, -0.05) is 52.7 Å². The van der Waals surface area contributed by atoms with E-state index in [1.54, 1.807) is 24.3 Å². The van der Waals surface area contributed by atoms with Crippen molar-refractivity contribution in [2.24, 2.45) is 0 Å². The fourth-order valence-electron chi connectivity index (χ4n) is 5.32. The number of fused-ring (bicyclic) bond motifs is 1.